The highest BCUT2D eigenvalue weighted by atomic mass is 32.2. The van der Waals surface area contributed by atoms with Gasteiger partial charge in [-0.3, -0.25) is 0 Å². The molecule has 5 heteroatoms. The van der Waals surface area contributed by atoms with Crippen LogP contribution in [0.15, 0.2) is 59.8 Å². The van der Waals surface area contributed by atoms with Gasteiger partial charge in [-0.25, -0.2) is 0 Å². The number of nitrogens with zero attached hydrogens (tertiary/aromatic N) is 3. The summed E-state index contributed by atoms with van der Waals surface area (Å²) in [5.74, 6) is 1.66. The predicted molar refractivity (Wildman–Crippen MR) is 98.4 cm³/mol. The lowest BCUT2D eigenvalue weighted by atomic mass is 10.2. The molecule has 0 unspecified atom stereocenters. The summed E-state index contributed by atoms with van der Waals surface area (Å²) in [5, 5.41) is 10.1. The van der Waals surface area contributed by atoms with Gasteiger partial charge in [0.05, 0.1) is 12.7 Å². The van der Waals surface area contributed by atoms with Gasteiger partial charge in [0, 0.05) is 11.8 Å². The van der Waals surface area contributed by atoms with Crippen molar-refractivity contribution in [3.8, 4) is 17.1 Å². The molecule has 1 aromatic heterocycles. The zero-order chi connectivity index (χ0) is 16.9. The molecule has 3 aromatic rings. The van der Waals surface area contributed by atoms with E-state index in [-0.39, 0.29) is 0 Å². The topological polar surface area (TPSA) is 39.9 Å². The molecular formula is C19H21N3OS. The molecule has 0 aliphatic rings. The number of para-hydroxylation sites is 1. The Morgan fingerprint density at radius 2 is 1.75 bits per heavy atom. The Balaban J connectivity index is 1.93. The number of rotatable bonds is 6. The normalized spacial score (nSPS) is 12.1. The van der Waals surface area contributed by atoms with Crippen LogP contribution in [0.3, 0.4) is 0 Å². The molecule has 0 N–H and O–H groups in total. The second-order valence-electron chi connectivity index (χ2n) is 5.42. The lowest BCUT2D eigenvalue weighted by Crippen LogP contribution is -2.02. The Morgan fingerprint density at radius 1 is 1.04 bits per heavy atom. The van der Waals surface area contributed by atoms with Gasteiger partial charge in [-0.15, -0.1) is 10.2 Å². The maximum Gasteiger partial charge on any atom is 0.192 e. The number of aromatic nitrogens is 3. The Hall–Kier alpha value is -2.27. The van der Waals surface area contributed by atoms with Crippen molar-refractivity contribution in [3.05, 3.63) is 60.2 Å². The predicted octanol–water partition coefficient (Wildman–Crippen LogP) is 4.83. The van der Waals surface area contributed by atoms with Crippen molar-refractivity contribution in [1.29, 1.82) is 0 Å². The van der Waals surface area contributed by atoms with Gasteiger partial charge in [0.15, 0.2) is 11.0 Å². The van der Waals surface area contributed by atoms with Gasteiger partial charge < -0.3 is 9.30 Å². The molecule has 0 spiro atoms. The van der Waals surface area contributed by atoms with Crippen LogP contribution >= 0.6 is 11.8 Å². The molecule has 2 aromatic carbocycles. The Labute approximate surface area is 146 Å². The summed E-state index contributed by atoms with van der Waals surface area (Å²) in [6.45, 7) is 5.11. The van der Waals surface area contributed by atoms with E-state index in [1.54, 1.807) is 18.9 Å². The summed E-state index contributed by atoms with van der Waals surface area (Å²) in [6.07, 6.45) is 0. The molecule has 0 bridgehead atoms. The van der Waals surface area contributed by atoms with Crippen LogP contribution in [0.25, 0.3) is 11.4 Å². The van der Waals surface area contributed by atoms with Crippen LogP contribution in [0.2, 0.25) is 0 Å². The molecule has 0 aliphatic heterocycles. The maximum absolute atomic E-state index is 5.47. The molecule has 0 saturated heterocycles. The van der Waals surface area contributed by atoms with Crippen LogP contribution in [0.1, 0.15) is 24.7 Å². The monoisotopic (exact) mass is 339 g/mol. The van der Waals surface area contributed by atoms with E-state index in [1.165, 1.54) is 5.56 Å². The quantitative estimate of drug-likeness (QED) is 0.603. The van der Waals surface area contributed by atoms with Crippen molar-refractivity contribution in [2.75, 3.05) is 7.11 Å². The van der Waals surface area contributed by atoms with Crippen LogP contribution < -0.4 is 4.74 Å². The van der Waals surface area contributed by atoms with Gasteiger partial charge in [0.1, 0.15) is 5.75 Å². The van der Waals surface area contributed by atoms with Gasteiger partial charge in [0.25, 0.3) is 0 Å². The summed E-state index contributed by atoms with van der Waals surface area (Å²) in [5.41, 5.74) is 2.25. The number of thioether (sulfide) groups is 1. The fraction of sp³-hybridized carbons (Fsp3) is 0.263. The first kappa shape index (κ1) is 16.6. The third-order valence-corrected chi connectivity index (χ3v) is 5.07. The van der Waals surface area contributed by atoms with E-state index in [4.69, 9.17) is 4.74 Å². The Morgan fingerprint density at radius 3 is 2.46 bits per heavy atom. The lowest BCUT2D eigenvalue weighted by molar-refractivity contribution is 0.416. The first-order chi connectivity index (χ1) is 11.7. The zero-order valence-corrected chi connectivity index (χ0v) is 15.0. The highest BCUT2D eigenvalue weighted by Crippen LogP contribution is 2.36. The molecule has 124 valence electrons. The van der Waals surface area contributed by atoms with Gasteiger partial charge in [-0.1, -0.05) is 54.2 Å². The molecule has 24 heavy (non-hydrogen) atoms. The van der Waals surface area contributed by atoms with Crippen LogP contribution in [-0.4, -0.2) is 21.9 Å². The number of methoxy groups -OCH3 is 1. The molecule has 0 fully saturated rings. The van der Waals surface area contributed by atoms with Crippen molar-refractivity contribution >= 4 is 11.8 Å². The van der Waals surface area contributed by atoms with Crippen LogP contribution in [0, 0.1) is 0 Å². The van der Waals surface area contributed by atoms with E-state index in [9.17, 15) is 0 Å². The average molecular weight is 339 g/mol. The van der Waals surface area contributed by atoms with Gasteiger partial charge in [-0.05, 0) is 31.5 Å². The first-order valence-electron chi connectivity index (χ1n) is 8.02. The Kier molecular flexibility index (Phi) is 5.20. The number of hydrogen-bond acceptors (Lipinski definition) is 4. The van der Waals surface area contributed by atoms with E-state index in [2.05, 4.69) is 52.9 Å². The average Bonchev–Trinajstić information content (AvgIpc) is 3.04. The second kappa shape index (κ2) is 7.53. The number of benzene rings is 2. The molecule has 0 aliphatic carbocycles. The summed E-state index contributed by atoms with van der Waals surface area (Å²) in [6, 6.07) is 18.4. The minimum Gasteiger partial charge on any atom is -0.496 e. The number of hydrogen-bond donors (Lipinski definition) is 0. The SMILES string of the molecule is CCn1c(S[C@@H](C)c2ccccc2)nnc1-c1ccccc1OC. The molecule has 0 amide bonds. The fourth-order valence-corrected chi connectivity index (χ4v) is 3.68. The smallest absolute Gasteiger partial charge is 0.192 e. The van der Waals surface area contributed by atoms with Crippen molar-refractivity contribution < 1.29 is 4.74 Å². The van der Waals surface area contributed by atoms with Gasteiger partial charge >= 0.3 is 0 Å². The minimum absolute atomic E-state index is 0.311. The number of ether oxygens (including phenoxy) is 1. The zero-order valence-electron chi connectivity index (χ0n) is 14.1. The van der Waals surface area contributed by atoms with E-state index < -0.39 is 0 Å². The molecule has 4 nitrogen and oxygen atoms in total. The lowest BCUT2D eigenvalue weighted by Gasteiger charge is -2.13. The van der Waals surface area contributed by atoms with Crippen LogP contribution in [0.5, 0.6) is 5.75 Å². The largest absolute Gasteiger partial charge is 0.496 e. The molecular weight excluding hydrogens is 318 g/mol. The van der Waals surface area contributed by atoms with Crippen molar-refractivity contribution in [2.45, 2.75) is 30.8 Å². The van der Waals surface area contributed by atoms with Crippen molar-refractivity contribution in [3.63, 3.8) is 0 Å². The highest BCUT2D eigenvalue weighted by Gasteiger charge is 2.18. The van der Waals surface area contributed by atoms with Gasteiger partial charge in [0.2, 0.25) is 0 Å². The Bertz CT molecular complexity index is 801. The summed E-state index contributed by atoms with van der Waals surface area (Å²) in [7, 11) is 1.68. The highest BCUT2D eigenvalue weighted by molar-refractivity contribution is 7.99. The first-order valence-corrected chi connectivity index (χ1v) is 8.90. The van der Waals surface area contributed by atoms with Crippen LogP contribution in [-0.2, 0) is 6.54 Å². The summed E-state index contributed by atoms with van der Waals surface area (Å²) < 4.78 is 7.61. The summed E-state index contributed by atoms with van der Waals surface area (Å²) >= 11 is 1.73. The fourth-order valence-electron chi connectivity index (χ4n) is 2.64. The molecule has 1 atom stereocenters. The van der Waals surface area contributed by atoms with Gasteiger partial charge in [-0.2, -0.15) is 0 Å². The molecule has 0 saturated carbocycles. The van der Waals surface area contributed by atoms with E-state index in [0.717, 1.165) is 28.8 Å². The summed E-state index contributed by atoms with van der Waals surface area (Å²) in [4.78, 5) is 0. The second-order valence-corrected chi connectivity index (χ2v) is 6.73. The van der Waals surface area contributed by atoms with E-state index >= 15 is 0 Å². The van der Waals surface area contributed by atoms with Crippen LogP contribution in [0.4, 0.5) is 0 Å². The maximum atomic E-state index is 5.47. The third kappa shape index (κ3) is 3.31. The van der Waals surface area contributed by atoms with E-state index in [0.29, 0.717) is 5.25 Å². The molecule has 1 heterocycles. The van der Waals surface area contributed by atoms with Crippen molar-refractivity contribution in [2.24, 2.45) is 0 Å². The standard InChI is InChI=1S/C19H21N3OS/c1-4-22-18(16-12-8-9-13-17(16)23-3)20-21-19(22)24-14(2)15-10-6-5-7-11-15/h5-14H,4H2,1-3H3/t14-/m0/s1. The van der Waals surface area contributed by atoms with E-state index in [1.807, 2.05) is 30.3 Å². The molecule has 0 radical (unpaired) electrons. The van der Waals surface area contributed by atoms with Crippen molar-refractivity contribution in [1.82, 2.24) is 14.8 Å². The third-order valence-electron chi connectivity index (χ3n) is 3.93. The molecule has 3 rings (SSSR count). The minimum atomic E-state index is 0.311.